The van der Waals surface area contributed by atoms with Crippen LogP contribution >= 0.6 is 15.9 Å². The van der Waals surface area contributed by atoms with Gasteiger partial charge in [-0.15, -0.1) is 0 Å². The van der Waals surface area contributed by atoms with Gasteiger partial charge in [-0.3, -0.25) is 4.68 Å². The lowest BCUT2D eigenvalue weighted by atomic mass is 10.3. The maximum atomic E-state index is 5.09. The Morgan fingerprint density at radius 2 is 2.40 bits per heavy atom. The van der Waals surface area contributed by atoms with Gasteiger partial charge in [-0.1, -0.05) is 12.1 Å². The molecular weight excluding hydrogens is 260 g/mol. The van der Waals surface area contributed by atoms with Gasteiger partial charge in [0.05, 0.1) is 10.7 Å². The molecule has 0 saturated carbocycles. The largest absolute Gasteiger partial charge is 0.337 e. The Bertz CT molecular complexity index is 437. The van der Waals surface area contributed by atoms with Crippen molar-refractivity contribution in [2.75, 3.05) is 0 Å². The summed E-state index contributed by atoms with van der Waals surface area (Å²) in [5, 5.41) is 7.98. The molecule has 2 heterocycles. The molecule has 0 saturated heterocycles. The molecule has 0 fully saturated rings. The van der Waals surface area contributed by atoms with Gasteiger partial charge >= 0.3 is 0 Å². The zero-order valence-electron chi connectivity index (χ0n) is 8.35. The maximum Gasteiger partial charge on any atom is 0.248 e. The fourth-order valence-corrected chi connectivity index (χ4v) is 1.57. The van der Waals surface area contributed by atoms with E-state index in [0.717, 1.165) is 23.1 Å². The van der Waals surface area contributed by atoms with Gasteiger partial charge in [0, 0.05) is 12.6 Å². The van der Waals surface area contributed by atoms with E-state index < -0.39 is 0 Å². The molecule has 2 rings (SSSR count). The van der Waals surface area contributed by atoms with Crippen molar-refractivity contribution in [1.29, 1.82) is 0 Å². The zero-order valence-corrected chi connectivity index (χ0v) is 9.94. The highest BCUT2D eigenvalue weighted by atomic mass is 79.9. The Morgan fingerprint density at radius 3 is 3.07 bits per heavy atom. The van der Waals surface area contributed by atoms with E-state index >= 15 is 0 Å². The third kappa shape index (κ3) is 2.65. The van der Waals surface area contributed by atoms with Gasteiger partial charge in [-0.2, -0.15) is 10.1 Å². The molecule has 0 bridgehead atoms. The van der Waals surface area contributed by atoms with Crippen LogP contribution in [0.4, 0.5) is 0 Å². The minimum absolute atomic E-state index is 0.516. The van der Waals surface area contributed by atoms with E-state index in [1.54, 1.807) is 10.9 Å². The lowest BCUT2D eigenvalue weighted by molar-refractivity contribution is 0.361. The molecule has 0 aromatic carbocycles. The molecule has 0 aliphatic heterocycles. The lowest BCUT2D eigenvalue weighted by Gasteiger charge is -1.93. The van der Waals surface area contributed by atoms with Crippen molar-refractivity contribution in [1.82, 2.24) is 19.9 Å². The first-order chi connectivity index (χ1) is 7.28. The molecular formula is C9H11BrN4O. The molecule has 0 unspecified atom stereocenters. The highest BCUT2D eigenvalue weighted by Gasteiger charge is 2.06. The Hall–Kier alpha value is -1.17. The number of hydrogen-bond donors (Lipinski definition) is 0. The summed E-state index contributed by atoms with van der Waals surface area (Å²) in [5.74, 6) is 1.35. The molecule has 6 heteroatoms. The van der Waals surface area contributed by atoms with E-state index in [2.05, 4.69) is 38.1 Å². The molecule has 0 spiro atoms. The Kier molecular flexibility index (Phi) is 3.15. The average molecular weight is 271 g/mol. The van der Waals surface area contributed by atoms with Crippen molar-refractivity contribution in [3.63, 3.8) is 0 Å². The molecule has 15 heavy (non-hydrogen) atoms. The molecule has 0 aliphatic carbocycles. The third-order valence-electron chi connectivity index (χ3n) is 1.88. The number of aryl methyl sites for hydroxylation is 1. The normalized spacial score (nSPS) is 10.8. The van der Waals surface area contributed by atoms with Crippen molar-refractivity contribution in [3.8, 4) is 0 Å². The number of nitrogens with zero attached hydrogens (tertiary/aromatic N) is 4. The van der Waals surface area contributed by atoms with E-state index in [1.807, 2.05) is 6.20 Å². The number of aromatic nitrogens is 4. The van der Waals surface area contributed by atoms with Crippen LogP contribution in [0, 0.1) is 0 Å². The fourth-order valence-electron chi connectivity index (χ4n) is 1.24. The van der Waals surface area contributed by atoms with Gasteiger partial charge < -0.3 is 4.52 Å². The number of rotatable bonds is 4. The third-order valence-corrected chi connectivity index (χ3v) is 2.29. The minimum Gasteiger partial charge on any atom is -0.337 e. The minimum atomic E-state index is 0.516. The maximum absolute atomic E-state index is 5.09. The molecule has 0 aliphatic rings. The predicted molar refractivity (Wildman–Crippen MR) is 57.3 cm³/mol. The molecule has 80 valence electrons. The quantitative estimate of drug-likeness (QED) is 0.853. The summed E-state index contributed by atoms with van der Waals surface area (Å²) in [5.41, 5.74) is 0. The summed E-state index contributed by atoms with van der Waals surface area (Å²) >= 11 is 3.33. The van der Waals surface area contributed by atoms with Gasteiger partial charge in [-0.25, -0.2) is 0 Å². The van der Waals surface area contributed by atoms with E-state index in [1.165, 1.54) is 0 Å². The van der Waals surface area contributed by atoms with Crippen LogP contribution in [0.3, 0.4) is 0 Å². The van der Waals surface area contributed by atoms with Gasteiger partial charge in [0.2, 0.25) is 5.89 Å². The zero-order chi connectivity index (χ0) is 10.7. The number of halogens is 1. The highest BCUT2D eigenvalue weighted by molar-refractivity contribution is 9.10. The second kappa shape index (κ2) is 4.57. The Labute approximate surface area is 95.6 Å². The molecule has 0 N–H and O–H groups in total. The van der Waals surface area contributed by atoms with Crippen LogP contribution in [0.15, 0.2) is 21.4 Å². The van der Waals surface area contributed by atoms with E-state index in [-0.39, 0.29) is 0 Å². The second-order valence-corrected chi connectivity index (χ2v) is 4.13. The Balaban J connectivity index is 2.04. The molecule has 0 radical (unpaired) electrons. The summed E-state index contributed by atoms with van der Waals surface area (Å²) in [6.45, 7) is 2.60. The van der Waals surface area contributed by atoms with Crippen LogP contribution in [-0.4, -0.2) is 19.9 Å². The first-order valence-electron chi connectivity index (χ1n) is 4.77. The summed E-state index contributed by atoms with van der Waals surface area (Å²) in [7, 11) is 0. The summed E-state index contributed by atoms with van der Waals surface area (Å²) in [6, 6.07) is 0. The monoisotopic (exact) mass is 270 g/mol. The fraction of sp³-hybridized carbons (Fsp3) is 0.444. The van der Waals surface area contributed by atoms with E-state index in [9.17, 15) is 0 Å². The predicted octanol–water partition coefficient (Wildman–Crippen LogP) is 2.03. The molecule has 0 amide bonds. The molecule has 2 aromatic rings. The summed E-state index contributed by atoms with van der Waals surface area (Å²) < 4.78 is 7.78. The number of hydrogen-bond acceptors (Lipinski definition) is 4. The SMILES string of the molecule is CCCc1noc(Cn2cc(Br)cn2)n1. The van der Waals surface area contributed by atoms with E-state index in [4.69, 9.17) is 4.52 Å². The van der Waals surface area contributed by atoms with Gasteiger partial charge in [0.1, 0.15) is 6.54 Å². The van der Waals surface area contributed by atoms with Crippen LogP contribution in [-0.2, 0) is 13.0 Å². The highest BCUT2D eigenvalue weighted by Crippen LogP contribution is 2.08. The second-order valence-electron chi connectivity index (χ2n) is 3.21. The van der Waals surface area contributed by atoms with E-state index in [0.29, 0.717) is 12.4 Å². The van der Waals surface area contributed by atoms with Crippen molar-refractivity contribution in [2.24, 2.45) is 0 Å². The van der Waals surface area contributed by atoms with Gasteiger partial charge in [0.15, 0.2) is 5.82 Å². The van der Waals surface area contributed by atoms with Gasteiger partial charge in [0.25, 0.3) is 0 Å². The van der Waals surface area contributed by atoms with Crippen LogP contribution < -0.4 is 0 Å². The van der Waals surface area contributed by atoms with Crippen molar-refractivity contribution in [2.45, 2.75) is 26.3 Å². The molecule has 2 aromatic heterocycles. The van der Waals surface area contributed by atoms with Crippen LogP contribution in [0.5, 0.6) is 0 Å². The topological polar surface area (TPSA) is 56.7 Å². The lowest BCUT2D eigenvalue weighted by Crippen LogP contribution is -2.00. The smallest absolute Gasteiger partial charge is 0.248 e. The standard InChI is InChI=1S/C9H11BrN4O/c1-2-3-8-12-9(15-13-8)6-14-5-7(10)4-11-14/h4-5H,2-3,6H2,1H3. The van der Waals surface area contributed by atoms with Crippen LogP contribution in [0.25, 0.3) is 0 Å². The van der Waals surface area contributed by atoms with Gasteiger partial charge in [-0.05, 0) is 22.4 Å². The van der Waals surface area contributed by atoms with Crippen molar-refractivity contribution >= 4 is 15.9 Å². The van der Waals surface area contributed by atoms with Crippen LogP contribution in [0.2, 0.25) is 0 Å². The average Bonchev–Trinajstić information content (AvgIpc) is 2.78. The molecule has 5 nitrogen and oxygen atoms in total. The molecule has 0 atom stereocenters. The Morgan fingerprint density at radius 1 is 1.53 bits per heavy atom. The summed E-state index contributed by atoms with van der Waals surface area (Å²) in [6.07, 6.45) is 5.46. The van der Waals surface area contributed by atoms with Crippen molar-refractivity contribution in [3.05, 3.63) is 28.6 Å². The first-order valence-corrected chi connectivity index (χ1v) is 5.56. The summed E-state index contributed by atoms with van der Waals surface area (Å²) in [4.78, 5) is 4.25. The van der Waals surface area contributed by atoms with Crippen molar-refractivity contribution < 1.29 is 4.52 Å². The van der Waals surface area contributed by atoms with Crippen LogP contribution in [0.1, 0.15) is 25.1 Å². The first kappa shape index (κ1) is 10.4.